The van der Waals surface area contributed by atoms with E-state index < -0.39 is 34.2 Å². The molecule has 3 fully saturated rings. The van der Waals surface area contributed by atoms with Gasteiger partial charge >= 0.3 is 0 Å². The molecule has 2 N–H and O–H groups in total. The summed E-state index contributed by atoms with van der Waals surface area (Å²) in [4.78, 5) is 16.6. The van der Waals surface area contributed by atoms with E-state index in [9.17, 15) is 23.4 Å². The zero-order valence-corrected chi connectivity index (χ0v) is 25.2. The van der Waals surface area contributed by atoms with E-state index in [0.29, 0.717) is 29.3 Å². The van der Waals surface area contributed by atoms with Crippen LogP contribution in [0.1, 0.15) is 68.5 Å². The molecule has 5 atom stereocenters. The Morgan fingerprint density at radius 3 is 2.30 bits per heavy atom. The van der Waals surface area contributed by atoms with Crippen molar-refractivity contribution in [2.45, 2.75) is 74.8 Å². The van der Waals surface area contributed by atoms with E-state index in [1.54, 1.807) is 7.05 Å². The van der Waals surface area contributed by atoms with Crippen LogP contribution in [0.3, 0.4) is 0 Å². The summed E-state index contributed by atoms with van der Waals surface area (Å²) in [6, 6.07) is 14.4. The van der Waals surface area contributed by atoms with E-state index in [1.807, 2.05) is 60.4 Å². The summed E-state index contributed by atoms with van der Waals surface area (Å²) < 4.78 is 27.8. The zero-order valence-electron chi connectivity index (χ0n) is 22.9. The van der Waals surface area contributed by atoms with Crippen LogP contribution in [0, 0.1) is 11.3 Å². The van der Waals surface area contributed by atoms with Gasteiger partial charge in [0, 0.05) is 41.0 Å². The molecule has 40 heavy (non-hydrogen) atoms. The Balaban J connectivity index is 1.64. The third-order valence-electron chi connectivity index (χ3n) is 8.83. The summed E-state index contributed by atoms with van der Waals surface area (Å²) >= 11 is 12.7. The first-order valence-corrected chi connectivity index (χ1v) is 16.3. The highest BCUT2D eigenvalue weighted by molar-refractivity contribution is 7.90. The molecule has 2 unspecified atom stereocenters. The molecule has 0 radical (unpaired) electrons. The number of halogens is 2. The predicted octanol–water partition coefficient (Wildman–Crippen LogP) is 5.00. The summed E-state index contributed by atoms with van der Waals surface area (Å²) in [5.74, 6) is -0.159. The largest absolute Gasteiger partial charge is 0.394 e. The van der Waals surface area contributed by atoms with Crippen LogP contribution >= 0.6 is 23.2 Å². The molecule has 7 nitrogen and oxygen atoms in total. The minimum Gasteiger partial charge on any atom is -0.394 e. The van der Waals surface area contributed by atoms with Gasteiger partial charge in [-0.25, -0.2) is 12.7 Å². The number of amides is 1. The average molecular weight is 610 g/mol. The molecule has 2 aromatic rings. The third kappa shape index (κ3) is 6.08. The van der Waals surface area contributed by atoms with Gasteiger partial charge in [-0.15, -0.1) is 0 Å². The highest BCUT2D eigenvalue weighted by atomic mass is 35.5. The Hall–Kier alpha value is -1.68. The molecule has 0 aromatic heterocycles. The number of nitrogens with zero attached hydrogens (tertiary/aromatic N) is 2. The monoisotopic (exact) mass is 608 g/mol. The molecule has 3 aliphatic rings. The fraction of sp³-hybridized carbons (Fsp3) is 0.567. The summed E-state index contributed by atoms with van der Waals surface area (Å²) in [7, 11) is -1.82. The number of carbonyl (C=O) groups is 1. The second-order valence-electron chi connectivity index (χ2n) is 12.1. The number of likely N-dealkylation sites (N-methyl/N-ethyl adjacent to an activating group) is 1. The Bertz CT molecular complexity index is 1330. The smallest absolute Gasteiger partial charge is 0.229 e. The maximum Gasteiger partial charge on any atom is 0.229 e. The van der Waals surface area contributed by atoms with Crippen molar-refractivity contribution in [2.75, 3.05) is 20.2 Å². The van der Waals surface area contributed by atoms with Crippen molar-refractivity contribution >= 4 is 39.1 Å². The molecule has 1 aliphatic heterocycles. The van der Waals surface area contributed by atoms with Crippen molar-refractivity contribution < 1.29 is 23.4 Å². The van der Waals surface area contributed by atoms with Crippen LogP contribution < -0.4 is 0 Å². The predicted molar refractivity (Wildman–Crippen MR) is 157 cm³/mol. The van der Waals surface area contributed by atoms with Gasteiger partial charge in [0.05, 0.1) is 24.0 Å². The van der Waals surface area contributed by atoms with Gasteiger partial charge in [0.1, 0.15) is 0 Å². The highest BCUT2D eigenvalue weighted by Crippen LogP contribution is 2.54. The summed E-state index contributed by atoms with van der Waals surface area (Å²) in [5.41, 5.74) is 0.882. The lowest BCUT2D eigenvalue weighted by atomic mass is 9.66. The Kier molecular flexibility index (Phi) is 8.60. The summed E-state index contributed by atoms with van der Waals surface area (Å²) in [6.07, 6.45) is 2.64. The highest BCUT2D eigenvalue weighted by Gasteiger charge is 2.55. The minimum absolute atomic E-state index is 0.0941. The zero-order chi connectivity index (χ0) is 28.8. The standard InChI is InChI=1S/C30H38Cl2N2O5S/c1-30(15-24(36)18-35)16-26(21-4-3-5-23(32)14-21)28(20-8-10-22(31)11-9-20)34(29(30)37)27(19-6-7-19)17-33(2)40(38,39)25-12-13-25/h3-5,8-11,14,19,24-28,35-36H,6-7,12-13,15-18H2,1-2H3/t24?,26-,27-,28?,30+/m1/s1. The lowest BCUT2D eigenvalue weighted by Crippen LogP contribution is -2.59. The Labute approximate surface area is 247 Å². The van der Waals surface area contributed by atoms with E-state index in [2.05, 4.69) is 0 Å². The van der Waals surface area contributed by atoms with Crippen molar-refractivity contribution in [1.29, 1.82) is 0 Å². The van der Waals surface area contributed by atoms with Gasteiger partial charge in [-0.05, 0) is 79.8 Å². The molecule has 2 saturated carbocycles. The number of sulfonamides is 1. The van der Waals surface area contributed by atoms with Gasteiger partial charge in [-0.2, -0.15) is 0 Å². The number of carbonyl (C=O) groups excluding carboxylic acids is 1. The lowest BCUT2D eigenvalue weighted by Gasteiger charge is -2.53. The lowest BCUT2D eigenvalue weighted by molar-refractivity contribution is -0.158. The van der Waals surface area contributed by atoms with E-state index in [1.165, 1.54) is 4.31 Å². The second-order valence-corrected chi connectivity index (χ2v) is 15.3. The first kappa shape index (κ1) is 29.8. The first-order chi connectivity index (χ1) is 18.9. The van der Waals surface area contributed by atoms with Crippen LogP contribution in [0.15, 0.2) is 48.5 Å². The quantitative estimate of drug-likeness (QED) is 0.374. The number of hydrogen-bond donors (Lipinski definition) is 2. The number of rotatable bonds is 11. The Morgan fingerprint density at radius 2 is 1.73 bits per heavy atom. The van der Waals surface area contributed by atoms with Crippen LogP contribution in [0.4, 0.5) is 0 Å². The number of hydrogen-bond acceptors (Lipinski definition) is 5. The van der Waals surface area contributed by atoms with Crippen LogP contribution in [0.2, 0.25) is 10.0 Å². The molecule has 0 bridgehead atoms. The van der Waals surface area contributed by atoms with Gasteiger partial charge in [0.2, 0.25) is 15.9 Å². The molecule has 0 spiro atoms. The maximum absolute atomic E-state index is 14.7. The second kappa shape index (κ2) is 11.5. The molecular weight excluding hydrogens is 571 g/mol. The van der Waals surface area contributed by atoms with Crippen LogP contribution in [0.5, 0.6) is 0 Å². The van der Waals surface area contributed by atoms with Crippen molar-refractivity contribution in [2.24, 2.45) is 11.3 Å². The third-order valence-corrected chi connectivity index (χ3v) is 11.7. The number of piperidine rings is 1. The van der Waals surface area contributed by atoms with Crippen molar-refractivity contribution in [3.63, 3.8) is 0 Å². The molecule has 218 valence electrons. The minimum atomic E-state index is -3.45. The van der Waals surface area contributed by atoms with Crippen molar-refractivity contribution in [1.82, 2.24) is 9.21 Å². The first-order valence-electron chi connectivity index (χ1n) is 14.0. The van der Waals surface area contributed by atoms with Gasteiger partial charge < -0.3 is 15.1 Å². The van der Waals surface area contributed by atoms with Crippen molar-refractivity contribution in [3.8, 4) is 0 Å². The van der Waals surface area contributed by atoms with E-state index in [-0.39, 0.29) is 42.0 Å². The van der Waals surface area contributed by atoms with Crippen LogP contribution in [-0.4, -0.2) is 71.3 Å². The van der Waals surface area contributed by atoms with Crippen LogP contribution in [-0.2, 0) is 14.8 Å². The van der Waals surface area contributed by atoms with E-state index in [0.717, 1.165) is 24.0 Å². The number of likely N-dealkylation sites (tertiary alicyclic amines) is 1. The normalized spacial score (nSPS) is 27.2. The fourth-order valence-electron chi connectivity index (χ4n) is 6.45. The van der Waals surface area contributed by atoms with Crippen molar-refractivity contribution in [3.05, 3.63) is 69.7 Å². The Morgan fingerprint density at radius 1 is 1.05 bits per heavy atom. The molecule has 2 aromatic carbocycles. The molecule has 10 heteroatoms. The van der Waals surface area contributed by atoms with Gasteiger partial charge in [0.25, 0.3) is 0 Å². The number of aliphatic hydroxyl groups is 2. The average Bonchev–Trinajstić information content (AvgIpc) is 3.82. The molecule has 1 amide bonds. The number of benzene rings is 2. The topological polar surface area (TPSA) is 98.2 Å². The summed E-state index contributed by atoms with van der Waals surface area (Å²) in [5, 5.41) is 21.1. The molecule has 5 rings (SSSR count). The van der Waals surface area contributed by atoms with Crippen LogP contribution in [0.25, 0.3) is 0 Å². The van der Waals surface area contributed by atoms with Gasteiger partial charge in [0.15, 0.2) is 0 Å². The molecule has 1 heterocycles. The summed E-state index contributed by atoms with van der Waals surface area (Å²) in [6.45, 7) is 1.62. The molecular formula is C30H38Cl2N2O5S. The van der Waals surface area contributed by atoms with E-state index >= 15 is 0 Å². The van der Waals surface area contributed by atoms with Gasteiger partial charge in [-0.3, -0.25) is 4.79 Å². The number of aliphatic hydroxyl groups excluding tert-OH is 2. The SMILES string of the molecule is CN(C[C@H](C1CC1)N1C(=O)[C@@](C)(CC(O)CO)C[C@H](c2cccc(Cl)c2)C1c1ccc(Cl)cc1)S(=O)(=O)C1CC1. The van der Waals surface area contributed by atoms with E-state index in [4.69, 9.17) is 23.2 Å². The molecule has 2 aliphatic carbocycles. The fourth-order valence-corrected chi connectivity index (χ4v) is 8.38. The van der Waals surface area contributed by atoms with Gasteiger partial charge in [-0.1, -0.05) is 54.4 Å². The molecule has 1 saturated heterocycles. The maximum atomic E-state index is 14.7.